The molecule has 0 aromatic carbocycles. The third-order valence-corrected chi connectivity index (χ3v) is 1.09. The summed E-state index contributed by atoms with van der Waals surface area (Å²) in [6.45, 7) is 1.54. The van der Waals surface area contributed by atoms with Gasteiger partial charge in [-0.05, 0) is 19.1 Å². The molecule has 2 heteroatoms. The van der Waals surface area contributed by atoms with Gasteiger partial charge in [-0.1, -0.05) is 0 Å². The highest BCUT2D eigenvalue weighted by Gasteiger charge is 1.93. The number of ketones is 1. The maximum absolute atomic E-state index is 10.6. The summed E-state index contributed by atoms with van der Waals surface area (Å²) in [6.07, 6.45) is 3.22. The summed E-state index contributed by atoms with van der Waals surface area (Å²) in [5, 5.41) is 0. The summed E-state index contributed by atoms with van der Waals surface area (Å²) < 4.78 is 0. The van der Waals surface area contributed by atoms with Gasteiger partial charge in [-0.3, -0.25) is 9.78 Å². The van der Waals surface area contributed by atoms with Crippen molar-refractivity contribution in [3.8, 4) is 0 Å². The van der Waals surface area contributed by atoms with Gasteiger partial charge in [0.1, 0.15) is 0 Å². The highest BCUT2D eigenvalue weighted by Crippen LogP contribution is 1.95. The van der Waals surface area contributed by atoms with Crippen LogP contribution in [0.3, 0.4) is 0 Å². The first-order valence-corrected chi connectivity index (χ1v) is 2.71. The van der Waals surface area contributed by atoms with Crippen molar-refractivity contribution in [3.05, 3.63) is 30.1 Å². The van der Waals surface area contributed by atoms with Crippen LogP contribution in [0.1, 0.15) is 17.3 Å². The highest BCUT2D eigenvalue weighted by atomic mass is 17.1. The number of nitrogens with zero attached hydrogens (tertiary/aromatic N) is 1. The molecule has 9 heavy (non-hydrogen) atoms. The molecule has 0 aliphatic rings. The van der Waals surface area contributed by atoms with Gasteiger partial charge in [0.25, 0.3) is 0 Å². The van der Waals surface area contributed by atoms with Crippen LogP contribution in [0.4, 0.5) is 0 Å². The smallest absolute Gasteiger partial charge is 0.159 e. The molecule has 1 aromatic heterocycles. The van der Waals surface area contributed by atoms with Crippen LogP contribution >= 0.6 is 0 Å². The number of aromatic nitrogens is 1. The Morgan fingerprint density at radius 3 is 2.33 bits per heavy atom. The van der Waals surface area contributed by atoms with E-state index in [1.165, 1.54) is 6.92 Å². The first-order chi connectivity index (χ1) is 4.30. The quantitative estimate of drug-likeness (QED) is 0.525. The van der Waals surface area contributed by atoms with Crippen molar-refractivity contribution in [1.29, 1.82) is 0 Å². The third-order valence-electron chi connectivity index (χ3n) is 1.09. The summed E-state index contributed by atoms with van der Waals surface area (Å²) in [7, 11) is 0. The normalized spacial score (nSPS) is 9.00. The van der Waals surface area contributed by atoms with E-state index in [4.69, 9.17) is 0 Å². The molecule has 0 fully saturated rings. The van der Waals surface area contributed by atoms with Gasteiger partial charge >= 0.3 is 0 Å². The number of pyridine rings is 1. The molecular weight excluding hydrogens is 115 g/mol. The van der Waals surface area contributed by atoms with Gasteiger partial charge in [0.05, 0.1) is 0 Å². The van der Waals surface area contributed by atoms with Crippen molar-refractivity contribution in [1.82, 2.24) is 4.98 Å². The minimum atomic E-state index is 0.0809. The first kappa shape index (κ1) is 5.95. The van der Waals surface area contributed by atoms with Crippen molar-refractivity contribution in [2.45, 2.75) is 6.92 Å². The predicted molar refractivity (Wildman–Crippen MR) is 34.2 cm³/mol. The number of Topliss-reactive ketones (excluding diaryl/α,β-unsaturated/α-hetero) is 1. The number of hydrogen-bond donors (Lipinski definition) is 0. The summed E-state index contributed by atoms with van der Waals surface area (Å²) in [5.74, 6) is 0.0809. The average molecular weight is 122 g/mol. The third kappa shape index (κ3) is 1.35. The van der Waals surface area contributed by atoms with Crippen LogP contribution in [-0.2, 0) is 0 Å². The number of carbonyl (C=O) groups is 1. The van der Waals surface area contributed by atoms with Crippen molar-refractivity contribution in [3.63, 3.8) is 0 Å². The van der Waals surface area contributed by atoms with E-state index in [1.54, 1.807) is 24.5 Å². The number of rotatable bonds is 1. The molecule has 46 valence electrons. The summed E-state index contributed by atoms with van der Waals surface area (Å²) in [6, 6.07) is 3.39. The fourth-order valence-corrected chi connectivity index (χ4v) is 0.587. The lowest BCUT2D eigenvalue weighted by Gasteiger charge is -1.88. The topological polar surface area (TPSA) is 30.0 Å². The molecule has 0 radical (unpaired) electrons. The molecule has 0 spiro atoms. The van der Waals surface area contributed by atoms with Crippen LogP contribution < -0.4 is 0 Å². The minimum absolute atomic E-state index is 0.0809. The van der Waals surface area contributed by atoms with Crippen LogP contribution in [-0.4, -0.2) is 10.8 Å². The summed E-state index contributed by atoms with van der Waals surface area (Å²) >= 11 is 0. The molecule has 0 N–H and O–H groups in total. The second-order valence-electron chi connectivity index (χ2n) is 1.79. The molecule has 0 saturated heterocycles. The lowest BCUT2D eigenvalue weighted by molar-refractivity contribution is 0.101. The Labute approximate surface area is 53.5 Å². The molecule has 1 aromatic rings. The zero-order valence-corrected chi connectivity index (χ0v) is 5.16. The van der Waals surface area contributed by atoms with Crippen LogP contribution in [0.15, 0.2) is 24.5 Å². The van der Waals surface area contributed by atoms with E-state index >= 15 is 0 Å². The fraction of sp³-hybridized carbons (Fsp3) is 0.143. The lowest BCUT2D eigenvalue weighted by Crippen LogP contribution is -1.89. The molecule has 0 saturated carbocycles. The molecule has 0 aliphatic carbocycles. The SMILES string of the molecule is CC(=[17O])c1ccncc1. The minimum Gasteiger partial charge on any atom is -0.295 e. The zero-order chi connectivity index (χ0) is 6.69. The largest absolute Gasteiger partial charge is 0.295 e. The average Bonchev–Trinajstić information content (AvgIpc) is 1.90. The van der Waals surface area contributed by atoms with Crippen LogP contribution in [0.25, 0.3) is 0 Å². The maximum Gasteiger partial charge on any atom is 0.159 e. The Hall–Kier alpha value is -1.18. The Morgan fingerprint density at radius 1 is 1.44 bits per heavy atom. The molecule has 0 atom stereocenters. The number of hydrogen-bond acceptors (Lipinski definition) is 2. The molecule has 0 bridgehead atoms. The van der Waals surface area contributed by atoms with E-state index in [2.05, 4.69) is 4.98 Å². The van der Waals surface area contributed by atoms with Crippen molar-refractivity contribution < 1.29 is 4.79 Å². The summed E-state index contributed by atoms with van der Waals surface area (Å²) in [5.41, 5.74) is 0.713. The molecule has 0 aliphatic heterocycles. The Balaban J connectivity index is 2.98. The van der Waals surface area contributed by atoms with Crippen molar-refractivity contribution >= 4 is 5.78 Å². The molecular formula is C7H7NO. The van der Waals surface area contributed by atoms with Crippen LogP contribution in [0, 0.1) is 0 Å². The van der Waals surface area contributed by atoms with E-state index in [0.717, 1.165) is 0 Å². The standard InChI is InChI=1S/C7H7NO/c1-6(9)7-2-4-8-5-3-7/h2-5H,1H3/i9+1. The van der Waals surface area contributed by atoms with E-state index in [0.29, 0.717) is 5.56 Å². The summed E-state index contributed by atoms with van der Waals surface area (Å²) in [4.78, 5) is 14.4. The zero-order valence-electron chi connectivity index (χ0n) is 5.16. The highest BCUT2D eigenvalue weighted by molar-refractivity contribution is 5.93. The van der Waals surface area contributed by atoms with E-state index in [1.807, 2.05) is 0 Å². The van der Waals surface area contributed by atoms with E-state index < -0.39 is 0 Å². The second-order valence-corrected chi connectivity index (χ2v) is 1.79. The van der Waals surface area contributed by atoms with Crippen molar-refractivity contribution in [2.75, 3.05) is 0 Å². The maximum atomic E-state index is 10.6. The van der Waals surface area contributed by atoms with Gasteiger partial charge < -0.3 is 0 Å². The molecule has 2 nitrogen and oxygen atoms in total. The fourth-order valence-electron chi connectivity index (χ4n) is 0.587. The first-order valence-electron chi connectivity index (χ1n) is 2.71. The van der Waals surface area contributed by atoms with Gasteiger partial charge in [0, 0.05) is 18.0 Å². The second kappa shape index (κ2) is 2.40. The Morgan fingerprint density at radius 2 is 2.00 bits per heavy atom. The van der Waals surface area contributed by atoms with Crippen LogP contribution in [0.5, 0.6) is 0 Å². The Bertz CT molecular complexity index is 205. The predicted octanol–water partition coefficient (Wildman–Crippen LogP) is 1.28. The van der Waals surface area contributed by atoms with E-state index in [9.17, 15) is 4.79 Å². The van der Waals surface area contributed by atoms with Gasteiger partial charge in [-0.15, -0.1) is 0 Å². The van der Waals surface area contributed by atoms with Gasteiger partial charge in [0.2, 0.25) is 0 Å². The molecule has 0 unspecified atom stereocenters. The van der Waals surface area contributed by atoms with E-state index in [-0.39, 0.29) is 5.78 Å². The molecule has 0 amide bonds. The van der Waals surface area contributed by atoms with Gasteiger partial charge in [0.15, 0.2) is 5.78 Å². The van der Waals surface area contributed by atoms with Crippen molar-refractivity contribution in [2.24, 2.45) is 0 Å². The lowest BCUT2D eigenvalue weighted by atomic mass is 10.2. The Kier molecular flexibility index (Phi) is 1.58. The van der Waals surface area contributed by atoms with Gasteiger partial charge in [-0.25, -0.2) is 0 Å². The van der Waals surface area contributed by atoms with Crippen LogP contribution in [0.2, 0.25) is 0 Å². The number of carbonyl (C=O) groups excluding carboxylic acids is 1. The molecule has 1 heterocycles. The van der Waals surface area contributed by atoms with Gasteiger partial charge in [-0.2, -0.15) is 0 Å². The monoisotopic (exact) mass is 122 g/mol. The molecule has 1 rings (SSSR count).